The number of halogens is 5. The van der Waals surface area contributed by atoms with Crippen molar-refractivity contribution in [1.82, 2.24) is 20.3 Å². The van der Waals surface area contributed by atoms with Crippen molar-refractivity contribution in [2.24, 2.45) is 0 Å². The molecule has 0 saturated heterocycles. The van der Waals surface area contributed by atoms with Crippen LogP contribution in [0, 0.1) is 25.1 Å². The van der Waals surface area contributed by atoms with Gasteiger partial charge in [-0.25, -0.2) is 9.29 Å². The SMILES string of the molecule is C#CCN1C(=O)COc2cc(F)c(N3C(=O)C4=C(CCCC4)C3=O)cc21.CC1COc2ccccc2N1C(=O)C(Cl)Cl.CCNc1nc(Cl)nc(NC(C)(C)C)n1.CCc1cccc(C)c1N(C(=O)CCl)C(C)COC.C[S+](C)C.O=C(O)CNCP(=O)([O-])O. The van der Waals surface area contributed by atoms with Crippen LogP contribution in [0.25, 0.3) is 0 Å². The lowest BCUT2D eigenvalue weighted by Crippen LogP contribution is -2.47. The van der Waals surface area contributed by atoms with Gasteiger partial charge in [0.2, 0.25) is 23.1 Å². The minimum absolute atomic E-state index is 0.0170. The molecule has 4 aliphatic rings. The number of aromatic nitrogens is 3. The number of alkyl halides is 3. The van der Waals surface area contributed by atoms with E-state index in [0.717, 1.165) is 59.3 Å². The third kappa shape index (κ3) is 24.1. The minimum atomic E-state index is -4.35. The van der Waals surface area contributed by atoms with E-state index in [4.69, 9.17) is 77.0 Å². The molecule has 0 bridgehead atoms. The highest BCUT2D eigenvalue weighted by Crippen LogP contribution is 2.42. The van der Waals surface area contributed by atoms with Gasteiger partial charge in [0.15, 0.2) is 17.3 Å². The average Bonchev–Trinajstić information content (AvgIpc) is 1.52. The molecule has 0 radical (unpaired) electrons. The van der Waals surface area contributed by atoms with Gasteiger partial charge in [-0.1, -0.05) is 66.4 Å². The number of fused-ring (bicyclic) bond motifs is 2. The summed E-state index contributed by atoms with van der Waals surface area (Å²) in [6.07, 6.45) is 14.8. The topological polar surface area (TPSA) is 298 Å². The third-order valence-electron chi connectivity index (χ3n) is 12.5. The molecule has 3 atom stereocenters. The highest BCUT2D eigenvalue weighted by molar-refractivity contribution is 7.94. The first-order valence-electron chi connectivity index (χ1n) is 28.2. The number of para-hydroxylation sites is 3. The molecule has 4 aromatic rings. The molecular weight excluding hydrogens is 1290 g/mol. The zero-order chi connectivity index (χ0) is 67.8. The largest absolute Gasteiger partial charge is 0.778 e. The number of methoxy groups -OCH3 is 1. The van der Waals surface area contributed by atoms with E-state index in [1.165, 1.54) is 11.0 Å². The van der Waals surface area contributed by atoms with Crippen LogP contribution in [0.2, 0.25) is 5.28 Å². The van der Waals surface area contributed by atoms with Crippen LogP contribution < -0.4 is 49.9 Å². The number of carboxylic acids is 1. The zero-order valence-corrected chi connectivity index (χ0v) is 57.2. The van der Waals surface area contributed by atoms with E-state index in [-0.39, 0.29) is 76.8 Å². The van der Waals surface area contributed by atoms with E-state index in [1.807, 2.05) is 90.2 Å². The average molecular weight is 1370 g/mol. The number of anilines is 6. The molecule has 30 heteroatoms. The number of amides is 5. The van der Waals surface area contributed by atoms with Crippen LogP contribution in [0.3, 0.4) is 0 Å². The van der Waals surface area contributed by atoms with E-state index < -0.39 is 48.9 Å². The van der Waals surface area contributed by atoms with E-state index in [9.17, 15) is 42.6 Å². The van der Waals surface area contributed by atoms with Gasteiger partial charge in [0.05, 0.1) is 79.6 Å². The molecule has 1 aromatic heterocycles. The molecule has 3 unspecified atom stereocenters. The second kappa shape index (κ2) is 37.3. The van der Waals surface area contributed by atoms with Gasteiger partial charge in [-0.2, -0.15) is 15.0 Å². The minimum Gasteiger partial charge on any atom is -0.778 e. The molecule has 4 heterocycles. The molecule has 23 nitrogen and oxygen atoms in total. The predicted octanol–water partition coefficient (Wildman–Crippen LogP) is 8.52. The molecule has 5 amide bonds. The van der Waals surface area contributed by atoms with Gasteiger partial charge in [0.25, 0.3) is 23.6 Å². The lowest BCUT2D eigenvalue weighted by Gasteiger charge is -2.35. The summed E-state index contributed by atoms with van der Waals surface area (Å²) >= 11 is 22.8. The van der Waals surface area contributed by atoms with Crippen LogP contribution in [0.1, 0.15) is 85.3 Å². The summed E-state index contributed by atoms with van der Waals surface area (Å²) in [6, 6.07) is 15.7. The Morgan fingerprint density at radius 3 is 2.11 bits per heavy atom. The number of terminal acetylenes is 1. The molecule has 0 fully saturated rings. The maximum absolute atomic E-state index is 14.7. The lowest BCUT2D eigenvalue weighted by molar-refractivity contribution is -0.193. The summed E-state index contributed by atoms with van der Waals surface area (Å²) in [4.78, 5) is 106. The maximum Gasteiger partial charge on any atom is 0.317 e. The first kappa shape index (κ1) is 77.9. The number of hydrogen-bond donors (Lipinski definition) is 5. The number of carboxylic acid groups (broad SMARTS) is 1. The van der Waals surface area contributed by atoms with Crippen LogP contribution in [0.15, 0.2) is 65.7 Å². The second-order valence-corrected chi connectivity index (χ2v) is 27.4. The summed E-state index contributed by atoms with van der Waals surface area (Å²) in [5.41, 5.74) is 4.82. The first-order chi connectivity index (χ1) is 42.2. The Kier molecular flexibility index (Phi) is 32.3. The molecule has 494 valence electrons. The van der Waals surface area contributed by atoms with E-state index in [1.54, 1.807) is 16.9 Å². The number of carbonyl (C=O) groups excluding carboxylic acids is 5. The van der Waals surface area contributed by atoms with Gasteiger partial charge in [-0.3, -0.25) is 39.0 Å². The normalized spacial score (nSPS) is 15.7. The Morgan fingerprint density at radius 2 is 1.58 bits per heavy atom. The first-order valence-corrected chi connectivity index (χ1v) is 34.2. The Hall–Kier alpha value is -6.30. The molecule has 1 aliphatic carbocycles. The van der Waals surface area contributed by atoms with Crippen LogP contribution in [-0.4, -0.2) is 160 Å². The number of carbonyl (C=O) groups is 6. The number of ether oxygens (including phenoxy) is 3. The fourth-order valence-electron chi connectivity index (χ4n) is 8.95. The van der Waals surface area contributed by atoms with Crippen molar-refractivity contribution in [2.75, 3.05) is 108 Å². The summed E-state index contributed by atoms with van der Waals surface area (Å²) in [6.45, 7) is 16.9. The maximum atomic E-state index is 14.7. The summed E-state index contributed by atoms with van der Waals surface area (Å²) in [5.74, 6) is 0.468. The quantitative estimate of drug-likeness (QED) is 0.0231. The van der Waals surface area contributed by atoms with Gasteiger partial charge in [0.1, 0.15) is 31.6 Å². The van der Waals surface area contributed by atoms with Crippen molar-refractivity contribution in [3.05, 3.63) is 88.0 Å². The summed E-state index contributed by atoms with van der Waals surface area (Å²) in [7, 11) is -2.07. The van der Waals surface area contributed by atoms with Crippen molar-refractivity contribution in [3.8, 4) is 23.8 Å². The van der Waals surface area contributed by atoms with Crippen LogP contribution in [0.4, 0.5) is 39.0 Å². The van der Waals surface area contributed by atoms with Gasteiger partial charge >= 0.3 is 5.97 Å². The van der Waals surface area contributed by atoms with Crippen molar-refractivity contribution in [2.45, 2.75) is 110 Å². The smallest absolute Gasteiger partial charge is 0.317 e. The Bertz CT molecular complexity index is 3230. The molecule has 5 N–H and O–H groups in total. The number of nitrogens with zero attached hydrogens (tertiary/aromatic N) is 7. The number of aliphatic carboxylic acids is 1. The summed E-state index contributed by atoms with van der Waals surface area (Å²) < 4.78 is 40.6. The standard InChI is InChI=1S/C19H15FN2O4.C15H22ClNO2.C11H11Cl2NO2.C9H16ClN5.C3H8NO5P.C3H9S/c1-2-7-21-15-9-14(13(20)8-16(15)26-10-17(21)23)22-18(24)11-5-3-4-6-12(11)19(22)25;1-5-13-8-6-7-11(2)15(13)17(14(18)9-16)12(3)10-19-4;1-7-6-16-9-5-3-2-4-8(9)14(7)11(15)10(12)13;1-5-11-7-12-6(10)13-8(14-7)15-9(2,3)4;5-3(6)1-4-2-10(7,8)9;1-4(2)3/h1,8-9H,3-7,10H2;6-8,12H,5,9-10H2,1-4H3;2-5,7,10H,6H2,1H3;5H2,1-4H3,(H2,11,12,13,14,15);4H,1-2H2,(H,5,6)(H2,7,8,9);1-3H3/q;;;;;+1/p-1. The van der Waals surface area contributed by atoms with Crippen LogP contribution in [-0.2, 0) is 55.4 Å². The van der Waals surface area contributed by atoms with Gasteiger partial charge in [0, 0.05) is 36.4 Å². The molecule has 8 rings (SSSR count). The number of rotatable bonds is 16. The molecule has 90 heavy (non-hydrogen) atoms. The van der Waals surface area contributed by atoms with Gasteiger partial charge < -0.3 is 54.1 Å². The van der Waals surface area contributed by atoms with E-state index in [2.05, 4.69) is 63.3 Å². The van der Waals surface area contributed by atoms with E-state index >= 15 is 0 Å². The van der Waals surface area contributed by atoms with Crippen LogP contribution in [0.5, 0.6) is 11.5 Å². The lowest BCUT2D eigenvalue weighted by atomic mass is 9.93. The highest BCUT2D eigenvalue weighted by atomic mass is 35.5. The van der Waals surface area contributed by atoms with Crippen molar-refractivity contribution >= 4 is 135 Å². The highest BCUT2D eigenvalue weighted by Gasteiger charge is 2.42. The Morgan fingerprint density at radius 1 is 0.967 bits per heavy atom. The monoisotopic (exact) mass is 1370 g/mol. The fraction of sp³-hybridized carbons (Fsp3) is 0.483. The number of imide groups is 1. The molecule has 3 aliphatic heterocycles. The van der Waals surface area contributed by atoms with Crippen molar-refractivity contribution in [3.63, 3.8) is 0 Å². The third-order valence-corrected chi connectivity index (χ3v) is 13.9. The van der Waals surface area contributed by atoms with Gasteiger partial charge in [-0.05, 0) is 132 Å². The number of nitrogens with one attached hydrogen (secondary N) is 3. The molecular formula is C60H80Cl4FN10O13PS. The van der Waals surface area contributed by atoms with E-state index in [0.29, 0.717) is 65.7 Å². The van der Waals surface area contributed by atoms with Crippen molar-refractivity contribution in [1.29, 1.82) is 0 Å². The van der Waals surface area contributed by atoms with Crippen molar-refractivity contribution < 1.29 is 66.8 Å². The summed E-state index contributed by atoms with van der Waals surface area (Å²) in [5, 5.41) is 16.3. The van der Waals surface area contributed by atoms with Gasteiger partial charge in [-0.15, -0.1) is 18.0 Å². The Balaban J connectivity index is 0.000000299. The second-order valence-electron chi connectivity index (χ2n) is 21.6. The number of aryl methyl sites for hydroxylation is 2. The fourth-order valence-corrected chi connectivity index (χ4v) is 9.84. The zero-order valence-electron chi connectivity index (χ0n) is 52.5. The Labute approximate surface area is 548 Å². The predicted molar refractivity (Wildman–Crippen MR) is 353 cm³/mol. The molecule has 3 aromatic carbocycles. The molecule has 0 spiro atoms. The van der Waals surface area contributed by atoms with Crippen LogP contribution >= 0.6 is 54.0 Å². The molecule has 0 saturated carbocycles. The number of hydrogen-bond acceptors (Lipinski definition) is 17. The number of benzene rings is 3.